The van der Waals surface area contributed by atoms with Crippen LogP contribution in [0.1, 0.15) is 12.0 Å². The van der Waals surface area contributed by atoms with Gasteiger partial charge in [-0.2, -0.15) is 10.5 Å². The van der Waals surface area contributed by atoms with Gasteiger partial charge < -0.3 is 9.80 Å². The third-order valence-electron chi connectivity index (χ3n) is 3.53. The SMILES string of the molecule is CN1CCCN(c2ccc(C=C(C#N)C#N)cc2)CC1. The molecule has 0 aliphatic carbocycles. The predicted octanol–water partition coefficient (Wildman–Crippen LogP) is 2.26. The van der Waals surface area contributed by atoms with Crippen LogP contribution in [0.2, 0.25) is 0 Å². The molecule has 4 nitrogen and oxygen atoms in total. The van der Waals surface area contributed by atoms with Crippen molar-refractivity contribution in [2.75, 3.05) is 38.1 Å². The van der Waals surface area contributed by atoms with Gasteiger partial charge in [-0.25, -0.2) is 0 Å². The van der Waals surface area contributed by atoms with Crippen LogP contribution in [0, 0.1) is 22.7 Å². The molecule has 1 aromatic rings. The lowest BCUT2D eigenvalue weighted by molar-refractivity contribution is 0.360. The fourth-order valence-electron chi connectivity index (χ4n) is 2.34. The summed E-state index contributed by atoms with van der Waals surface area (Å²) in [5.41, 5.74) is 2.22. The van der Waals surface area contributed by atoms with Gasteiger partial charge in [-0.3, -0.25) is 0 Å². The Kier molecular flexibility index (Phi) is 4.76. The number of anilines is 1. The summed E-state index contributed by atoms with van der Waals surface area (Å²) in [7, 11) is 2.16. The maximum absolute atomic E-state index is 8.75. The van der Waals surface area contributed by atoms with Crippen molar-refractivity contribution >= 4 is 11.8 Å². The molecular formula is C16H18N4. The molecule has 4 heteroatoms. The monoisotopic (exact) mass is 266 g/mol. The highest BCUT2D eigenvalue weighted by Gasteiger charge is 2.12. The minimum absolute atomic E-state index is 0.133. The van der Waals surface area contributed by atoms with Gasteiger partial charge in [0.15, 0.2) is 0 Å². The Morgan fingerprint density at radius 1 is 1.05 bits per heavy atom. The molecule has 1 saturated heterocycles. The van der Waals surface area contributed by atoms with Crippen molar-refractivity contribution in [1.29, 1.82) is 10.5 Å². The van der Waals surface area contributed by atoms with Crippen LogP contribution >= 0.6 is 0 Å². The van der Waals surface area contributed by atoms with Crippen molar-refractivity contribution in [1.82, 2.24) is 4.90 Å². The van der Waals surface area contributed by atoms with Crippen LogP contribution in [0.15, 0.2) is 29.8 Å². The predicted molar refractivity (Wildman–Crippen MR) is 80.0 cm³/mol. The molecule has 102 valence electrons. The van der Waals surface area contributed by atoms with Gasteiger partial charge in [0.05, 0.1) is 0 Å². The van der Waals surface area contributed by atoms with Crippen LogP contribution < -0.4 is 4.90 Å². The fraction of sp³-hybridized carbons (Fsp3) is 0.375. The quantitative estimate of drug-likeness (QED) is 0.770. The lowest BCUT2D eigenvalue weighted by Gasteiger charge is -2.22. The minimum Gasteiger partial charge on any atom is -0.370 e. The molecule has 20 heavy (non-hydrogen) atoms. The van der Waals surface area contributed by atoms with Gasteiger partial charge in [0.1, 0.15) is 17.7 Å². The van der Waals surface area contributed by atoms with E-state index in [2.05, 4.69) is 29.0 Å². The van der Waals surface area contributed by atoms with E-state index >= 15 is 0 Å². The second kappa shape index (κ2) is 6.75. The van der Waals surface area contributed by atoms with Crippen LogP contribution in [-0.2, 0) is 0 Å². The van der Waals surface area contributed by atoms with Crippen molar-refractivity contribution in [2.45, 2.75) is 6.42 Å². The summed E-state index contributed by atoms with van der Waals surface area (Å²) >= 11 is 0. The molecule has 0 spiro atoms. The molecule has 1 fully saturated rings. The van der Waals surface area contributed by atoms with Gasteiger partial charge in [0, 0.05) is 25.3 Å². The van der Waals surface area contributed by atoms with E-state index in [0.717, 1.165) is 31.7 Å². The highest BCUT2D eigenvalue weighted by Crippen LogP contribution is 2.18. The Bertz CT molecular complexity index is 544. The van der Waals surface area contributed by atoms with Gasteiger partial charge in [-0.15, -0.1) is 0 Å². The summed E-state index contributed by atoms with van der Waals surface area (Å²) in [6.07, 6.45) is 2.78. The minimum atomic E-state index is 0.133. The summed E-state index contributed by atoms with van der Waals surface area (Å²) in [6, 6.07) is 11.8. The molecule has 0 saturated carbocycles. The second-order valence-electron chi connectivity index (χ2n) is 5.02. The molecule has 0 unspecified atom stereocenters. The average molecular weight is 266 g/mol. The van der Waals surface area contributed by atoms with Crippen molar-refractivity contribution in [3.8, 4) is 12.1 Å². The van der Waals surface area contributed by atoms with E-state index < -0.39 is 0 Å². The van der Waals surface area contributed by atoms with Crippen LogP contribution in [0.25, 0.3) is 6.08 Å². The molecule has 0 atom stereocenters. The van der Waals surface area contributed by atoms with Gasteiger partial charge in [-0.05, 0) is 43.8 Å². The largest absolute Gasteiger partial charge is 0.370 e. The maximum atomic E-state index is 8.75. The van der Waals surface area contributed by atoms with E-state index in [-0.39, 0.29) is 5.57 Å². The summed E-state index contributed by atoms with van der Waals surface area (Å²) in [4.78, 5) is 4.73. The highest BCUT2D eigenvalue weighted by molar-refractivity contribution is 5.64. The molecule has 0 bridgehead atoms. The van der Waals surface area contributed by atoms with Crippen LogP contribution in [0.3, 0.4) is 0 Å². The van der Waals surface area contributed by atoms with Crippen LogP contribution in [-0.4, -0.2) is 38.1 Å². The lowest BCUT2D eigenvalue weighted by atomic mass is 10.1. The Labute approximate surface area is 120 Å². The molecule has 1 aromatic carbocycles. The molecule has 0 aromatic heterocycles. The van der Waals surface area contributed by atoms with Crippen LogP contribution in [0.5, 0.6) is 0 Å². The Hall–Kier alpha value is -2.30. The molecule has 0 amide bonds. The Morgan fingerprint density at radius 2 is 1.75 bits per heavy atom. The van der Waals surface area contributed by atoms with E-state index in [1.807, 2.05) is 24.3 Å². The smallest absolute Gasteiger partial charge is 0.130 e. The number of nitrogens with zero attached hydrogens (tertiary/aromatic N) is 4. The molecule has 1 aliphatic rings. The van der Waals surface area contributed by atoms with E-state index in [9.17, 15) is 0 Å². The van der Waals surface area contributed by atoms with E-state index in [1.165, 1.54) is 12.1 Å². The number of likely N-dealkylation sites (N-methyl/N-ethyl adjacent to an activating group) is 1. The standard InChI is InChI=1S/C16H18N4/c1-19-7-2-8-20(10-9-19)16-5-3-14(4-6-16)11-15(12-17)13-18/h3-6,11H,2,7-10H2,1H3. The van der Waals surface area contributed by atoms with E-state index in [0.29, 0.717) is 0 Å². The first kappa shape index (κ1) is 14.1. The van der Waals surface area contributed by atoms with Gasteiger partial charge in [0.2, 0.25) is 0 Å². The number of hydrogen-bond acceptors (Lipinski definition) is 4. The molecular weight excluding hydrogens is 248 g/mol. The molecule has 2 rings (SSSR count). The first-order valence-corrected chi connectivity index (χ1v) is 6.78. The third kappa shape index (κ3) is 3.60. The van der Waals surface area contributed by atoms with Crippen molar-refractivity contribution in [2.24, 2.45) is 0 Å². The van der Waals surface area contributed by atoms with Crippen LogP contribution in [0.4, 0.5) is 5.69 Å². The fourth-order valence-corrected chi connectivity index (χ4v) is 2.34. The Balaban J connectivity index is 2.11. The van der Waals surface area contributed by atoms with Crippen molar-refractivity contribution < 1.29 is 0 Å². The first-order valence-electron chi connectivity index (χ1n) is 6.78. The van der Waals surface area contributed by atoms with Gasteiger partial charge in [-0.1, -0.05) is 12.1 Å². The number of benzene rings is 1. The van der Waals surface area contributed by atoms with E-state index in [4.69, 9.17) is 10.5 Å². The number of nitriles is 2. The zero-order valence-electron chi connectivity index (χ0n) is 11.7. The van der Waals surface area contributed by atoms with Crippen molar-refractivity contribution in [3.05, 3.63) is 35.4 Å². The average Bonchev–Trinajstić information content (AvgIpc) is 2.70. The lowest BCUT2D eigenvalue weighted by Crippen LogP contribution is -2.28. The van der Waals surface area contributed by atoms with E-state index in [1.54, 1.807) is 6.08 Å². The molecule has 1 heterocycles. The summed E-state index contributed by atoms with van der Waals surface area (Å²) in [5, 5.41) is 17.5. The molecule has 0 N–H and O–H groups in total. The zero-order valence-corrected chi connectivity index (χ0v) is 11.7. The molecule has 1 aliphatic heterocycles. The molecule has 0 radical (unpaired) electrons. The second-order valence-corrected chi connectivity index (χ2v) is 5.02. The zero-order chi connectivity index (χ0) is 14.4. The summed E-state index contributed by atoms with van der Waals surface area (Å²) in [6.45, 7) is 4.33. The number of allylic oxidation sites excluding steroid dienone is 1. The maximum Gasteiger partial charge on any atom is 0.130 e. The highest BCUT2D eigenvalue weighted by atomic mass is 15.2. The first-order chi connectivity index (χ1) is 9.72. The third-order valence-corrected chi connectivity index (χ3v) is 3.53. The topological polar surface area (TPSA) is 54.1 Å². The summed E-state index contributed by atoms with van der Waals surface area (Å²) < 4.78 is 0. The summed E-state index contributed by atoms with van der Waals surface area (Å²) in [5.74, 6) is 0. The Morgan fingerprint density at radius 3 is 2.40 bits per heavy atom. The normalized spacial score (nSPS) is 15.8. The van der Waals surface area contributed by atoms with Gasteiger partial charge >= 0.3 is 0 Å². The number of hydrogen-bond donors (Lipinski definition) is 0. The number of rotatable bonds is 2. The van der Waals surface area contributed by atoms with Crippen molar-refractivity contribution in [3.63, 3.8) is 0 Å². The van der Waals surface area contributed by atoms with Gasteiger partial charge in [0.25, 0.3) is 0 Å².